The SMILES string of the molecule is CCOC(=O)C[C@@H](O)CO[Si](C(C)C)(C(C)C)C(C)C. The molecule has 120 valence electrons. The summed E-state index contributed by atoms with van der Waals surface area (Å²) in [6, 6.07) is 0. The zero-order chi connectivity index (χ0) is 15.9. The molecule has 0 fully saturated rings. The highest BCUT2D eigenvalue weighted by molar-refractivity contribution is 6.77. The average Bonchev–Trinajstić information content (AvgIpc) is 2.28. The minimum absolute atomic E-state index is 0.00655. The highest BCUT2D eigenvalue weighted by atomic mass is 28.4. The first-order chi connectivity index (χ1) is 9.18. The maximum Gasteiger partial charge on any atom is 0.308 e. The molecule has 0 radical (unpaired) electrons. The zero-order valence-corrected chi connectivity index (χ0v) is 15.1. The number of rotatable bonds is 9. The summed E-state index contributed by atoms with van der Waals surface area (Å²) < 4.78 is 11.1. The normalized spacial score (nSPS) is 14.2. The van der Waals surface area contributed by atoms with Crippen LogP contribution < -0.4 is 0 Å². The zero-order valence-electron chi connectivity index (χ0n) is 14.1. The predicted molar refractivity (Wildman–Crippen MR) is 84.3 cm³/mol. The minimum Gasteiger partial charge on any atom is -0.466 e. The van der Waals surface area contributed by atoms with Gasteiger partial charge in [0.2, 0.25) is 0 Å². The van der Waals surface area contributed by atoms with Crippen LogP contribution in [0.4, 0.5) is 0 Å². The minimum atomic E-state index is -1.97. The van der Waals surface area contributed by atoms with E-state index in [4.69, 9.17) is 9.16 Å². The third kappa shape index (κ3) is 5.18. The molecule has 1 N–H and O–H groups in total. The fourth-order valence-corrected chi connectivity index (χ4v) is 8.69. The van der Waals surface area contributed by atoms with E-state index in [1.165, 1.54) is 0 Å². The van der Waals surface area contributed by atoms with Crippen molar-refractivity contribution in [1.29, 1.82) is 0 Å². The Morgan fingerprint density at radius 1 is 1.05 bits per heavy atom. The van der Waals surface area contributed by atoms with Gasteiger partial charge in [0, 0.05) is 0 Å². The Kier molecular flexibility index (Phi) is 8.62. The highest BCUT2D eigenvalue weighted by Gasteiger charge is 2.45. The number of carbonyl (C=O) groups is 1. The number of aliphatic hydroxyl groups is 1. The fraction of sp³-hybridized carbons (Fsp3) is 0.933. The lowest BCUT2D eigenvalue weighted by Gasteiger charge is -2.42. The van der Waals surface area contributed by atoms with Gasteiger partial charge in [-0.2, -0.15) is 0 Å². The molecule has 0 spiro atoms. The standard InChI is InChI=1S/C15H32O4Si/c1-8-18-15(17)9-14(16)10-19-20(11(2)3,12(4)5)13(6)7/h11-14,16H,8-10H2,1-7H3/t14-/m1/s1. The Balaban J connectivity index is 4.66. The smallest absolute Gasteiger partial charge is 0.308 e. The maximum atomic E-state index is 11.4. The molecule has 0 rings (SSSR count). The topological polar surface area (TPSA) is 55.8 Å². The van der Waals surface area contributed by atoms with Gasteiger partial charge in [-0.1, -0.05) is 41.5 Å². The van der Waals surface area contributed by atoms with E-state index in [2.05, 4.69) is 41.5 Å². The van der Waals surface area contributed by atoms with E-state index in [0.29, 0.717) is 23.2 Å². The molecule has 0 saturated carbocycles. The molecule has 0 aromatic carbocycles. The second-order valence-electron chi connectivity index (χ2n) is 6.29. The summed E-state index contributed by atoms with van der Waals surface area (Å²) in [6.07, 6.45) is -0.774. The third-order valence-corrected chi connectivity index (χ3v) is 10.0. The second-order valence-corrected chi connectivity index (χ2v) is 11.8. The quantitative estimate of drug-likeness (QED) is 0.523. The van der Waals surface area contributed by atoms with Crippen LogP contribution in [-0.4, -0.2) is 38.7 Å². The van der Waals surface area contributed by atoms with Gasteiger partial charge in [0.05, 0.1) is 25.7 Å². The van der Waals surface area contributed by atoms with Crippen LogP contribution in [0.5, 0.6) is 0 Å². The molecule has 0 aliphatic heterocycles. The molecule has 0 bridgehead atoms. The van der Waals surface area contributed by atoms with E-state index in [-0.39, 0.29) is 19.0 Å². The molecular weight excluding hydrogens is 272 g/mol. The molecule has 4 nitrogen and oxygen atoms in total. The van der Waals surface area contributed by atoms with Gasteiger partial charge in [0.1, 0.15) is 0 Å². The summed E-state index contributed by atoms with van der Waals surface area (Å²) in [5.74, 6) is -0.366. The predicted octanol–water partition coefficient (Wildman–Crippen LogP) is 3.49. The van der Waals surface area contributed by atoms with E-state index in [1.54, 1.807) is 6.92 Å². The summed E-state index contributed by atoms with van der Waals surface area (Å²) in [7, 11) is -1.97. The van der Waals surface area contributed by atoms with Crippen molar-refractivity contribution in [3.63, 3.8) is 0 Å². The van der Waals surface area contributed by atoms with Gasteiger partial charge in [-0.25, -0.2) is 0 Å². The largest absolute Gasteiger partial charge is 0.466 e. The first-order valence-corrected chi connectivity index (χ1v) is 9.80. The van der Waals surface area contributed by atoms with Crippen LogP contribution in [0.2, 0.25) is 16.6 Å². The Morgan fingerprint density at radius 2 is 1.50 bits per heavy atom. The van der Waals surface area contributed by atoms with Crippen molar-refractivity contribution in [1.82, 2.24) is 0 Å². The average molecular weight is 305 g/mol. The van der Waals surface area contributed by atoms with Crippen LogP contribution in [0.15, 0.2) is 0 Å². The van der Waals surface area contributed by atoms with Crippen molar-refractivity contribution in [3.05, 3.63) is 0 Å². The van der Waals surface area contributed by atoms with Crippen LogP contribution >= 0.6 is 0 Å². The van der Waals surface area contributed by atoms with Crippen LogP contribution in [-0.2, 0) is 14.0 Å². The van der Waals surface area contributed by atoms with Crippen LogP contribution in [0.3, 0.4) is 0 Å². The van der Waals surface area contributed by atoms with Crippen molar-refractivity contribution in [2.24, 2.45) is 0 Å². The lowest BCUT2D eigenvalue weighted by molar-refractivity contribution is -0.145. The Morgan fingerprint density at radius 3 is 1.85 bits per heavy atom. The summed E-state index contributed by atoms with van der Waals surface area (Å²) >= 11 is 0. The first kappa shape index (κ1) is 19.6. The van der Waals surface area contributed by atoms with Crippen molar-refractivity contribution < 1.29 is 19.1 Å². The van der Waals surface area contributed by atoms with E-state index >= 15 is 0 Å². The fourth-order valence-electron chi connectivity index (χ4n) is 3.21. The number of hydrogen-bond acceptors (Lipinski definition) is 4. The van der Waals surface area contributed by atoms with Gasteiger partial charge >= 0.3 is 5.97 Å². The van der Waals surface area contributed by atoms with Gasteiger partial charge in [0.25, 0.3) is 0 Å². The highest BCUT2D eigenvalue weighted by Crippen LogP contribution is 2.42. The lowest BCUT2D eigenvalue weighted by Crippen LogP contribution is -2.49. The number of ether oxygens (including phenoxy) is 1. The monoisotopic (exact) mass is 304 g/mol. The molecular formula is C15H32O4Si. The lowest BCUT2D eigenvalue weighted by atomic mass is 10.3. The molecule has 0 amide bonds. The van der Waals surface area contributed by atoms with Crippen LogP contribution in [0.1, 0.15) is 54.9 Å². The van der Waals surface area contributed by atoms with Crippen molar-refractivity contribution in [3.8, 4) is 0 Å². The molecule has 0 aromatic rings. The van der Waals surface area contributed by atoms with Gasteiger partial charge in [0.15, 0.2) is 8.32 Å². The van der Waals surface area contributed by atoms with Gasteiger partial charge < -0.3 is 14.3 Å². The summed E-state index contributed by atoms with van der Waals surface area (Å²) in [4.78, 5) is 11.4. The Hall–Kier alpha value is -0.393. The molecule has 0 aliphatic rings. The number of aliphatic hydroxyl groups excluding tert-OH is 1. The molecule has 5 heteroatoms. The van der Waals surface area contributed by atoms with Crippen molar-refractivity contribution >= 4 is 14.3 Å². The summed E-state index contributed by atoms with van der Waals surface area (Å²) in [6.45, 7) is 15.5. The summed E-state index contributed by atoms with van der Waals surface area (Å²) in [5, 5.41) is 9.95. The van der Waals surface area contributed by atoms with Crippen molar-refractivity contribution in [2.45, 2.75) is 77.6 Å². The van der Waals surface area contributed by atoms with Crippen LogP contribution in [0, 0.1) is 0 Å². The summed E-state index contributed by atoms with van der Waals surface area (Å²) in [5.41, 5.74) is 1.41. The van der Waals surface area contributed by atoms with Gasteiger partial charge in [-0.15, -0.1) is 0 Å². The molecule has 0 heterocycles. The number of carbonyl (C=O) groups excluding carboxylic acids is 1. The number of hydrogen-bond donors (Lipinski definition) is 1. The van der Waals surface area contributed by atoms with Crippen LogP contribution in [0.25, 0.3) is 0 Å². The molecule has 20 heavy (non-hydrogen) atoms. The van der Waals surface area contributed by atoms with Gasteiger partial charge in [-0.3, -0.25) is 4.79 Å². The van der Waals surface area contributed by atoms with E-state index in [1.807, 2.05) is 0 Å². The Labute approximate surface area is 125 Å². The first-order valence-electron chi connectivity index (χ1n) is 7.66. The third-order valence-electron chi connectivity index (χ3n) is 3.94. The molecule has 0 saturated heterocycles. The Bertz CT molecular complexity index is 268. The van der Waals surface area contributed by atoms with Gasteiger partial charge in [-0.05, 0) is 23.5 Å². The molecule has 0 unspecified atom stereocenters. The molecule has 0 aliphatic carbocycles. The second kappa shape index (κ2) is 8.80. The molecule has 0 aromatic heterocycles. The molecule has 1 atom stereocenters. The van der Waals surface area contributed by atoms with E-state index in [9.17, 15) is 9.90 Å². The maximum absolute atomic E-state index is 11.4. The van der Waals surface area contributed by atoms with E-state index in [0.717, 1.165) is 0 Å². The van der Waals surface area contributed by atoms with Crippen molar-refractivity contribution in [2.75, 3.05) is 13.2 Å². The van der Waals surface area contributed by atoms with E-state index < -0.39 is 14.4 Å². The number of esters is 1.